The third-order valence-corrected chi connectivity index (χ3v) is 5.85. The zero-order chi connectivity index (χ0) is 19.6. The highest BCUT2D eigenvalue weighted by molar-refractivity contribution is 7.17. The third-order valence-electron chi connectivity index (χ3n) is 4.72. The molecule has 2 amide bonds. The van der Waals surface area contributed by atoms with Gasteiger partial charge < -0.3 is 15.8 Å². The second-order valence-corrected chi connectivity index (χ2v) is 7.90. The summed E-state index contributed by atoms with van der Waals surface area (Å²) >= 11 is 1.45. The summed E-state index contributed by atoms with van der Waals surface area (Å²) in [5.41, 5.74) is 7.57. The van der Waals surface area contributed by atoms with Gasteiger partial charge in [0.05, 0.1) is 12.2 Å². The van der Waals surface area contributed by atoms with Crippen LogP contribution < -0.4 is 15.8 Å². The lowest BCUT2D eigenvalue weighted by molar-refractivity contribution is 0.0999. The Labute approximate surface area is 175 Å². The van der Waals surface area contributed by atoms with E-state index in [1.807, 2.05) is 6.92 Å². The fourth-order valence-corrected chi connectivity index (χ4v) is 4.53. The molecule has 0 radical (unpaired) electrons. The van der Waals surface area contributed by atoms with Gasteiger partial charge in [-0.2, -0.15) is 0 Å². The highest BCUT2D eigenvalue weighted by Gasteiger charge is 2.28. The molecule has 0 fully saturated rings. The lowest BCUT2D eigenvalue weighted by atomic mass is 10.0. The molecule has 1 aromatic carbocycles. The Bertz CT molecular complexity index is 849. The molecule has 8 heteroatoms. The van der Waals surface area contributed by atoms with Crippen LogP contribution in [0.1, 0.15) is 51.9 Å². The predicted molar refractivity (Wildman–Crippen MR) is 115 cm³/mol. The lowest BCUT2D eigenvalue weighted by Gasteiger charge is -2.30. The fourth-order valence-electron chi connectivity index (χ4n) is 3.26. The standard InChI is InChI=1S/C20H25N3O3S.ClH/c1-4-26-14-7-5-13(6-8-14)19(25)22-20-17(18(21)24)15-9-10-23(12(2)3)11-16(15)27-20;/h5-8,12H,4,9-11H2,1-3H3,(H2,21,24)(H,22,25);1H. The van der Waals surface area contributed by atoms with Gasteiger partial charge >= 0.3 is 0 Å². The maximum atomic E-state index is 12.6. The molecule has 0 bridgehead atoms. The Hall–Kier alpha value is -2.09. The normalized spacial score (nSPS) is 13.6. The van der Waals surface area contributed by atoms with Gasteiger partial charge in [0.2, 0.25) is 0 Å². The number of fused-ring (bicyclic) bond motifs is 1. The highest BCUT2D eigenvalue weighted by atomic mass is 35.5. The Kier molecular flexibility index (Phi) is 7.46. The van der Waals surface area contributed by atoms with Crippen LogP contribution in [0.2, 0.25) is 0 Å². The number of hydrogen-bond acceptors (Lipinski definition) is 5. The number of rotatable bonds is 6. The first kappa shape index (κ1) is 22.2. The van der Waals surface area contributed by atoms with Crippen LogP contribution in [0, 0.1) is 0 Å². The van der Waals surface area contributed by atoms with E-state index in [0.29, 0.717) is 34.5 Å². The van der Waals surface area contributed by atoms with Gasteiger partial charge in [-0.1, -0.05) is 0 Å². The summed E-state index contributed by atoms with van der Waals surface area (Å²) in [5, 5.41) is 3.42. The van der Waals surface area contributed by atoms with Crippen molar-refractivity contribution in [3.8, 4) is 5.75 Å². The zero-order valence-corrected chi connectivity index (χ0v) is 17.9. The van der Waals surface area contributed by atoms with Crippen LogP contribution in [0.25, 0.3) is 0 Å². The van der Waals surface area contributed by atoms with Gasteiger partial charge in [-0.25, -0.2) is 0 Å². The lowest BCUT2D eigenvalue weighted by Crippen LogP contribution is -2.35. The summed E-state index contributed by atoms with van der Waals surface area (Å²) in [4.78, 5) is 28.1. The quantitative estimate of drug-likeness (QED) is 0.742. The van der Waals surface area contributed by atoms with Crippen LogP contribution in [-0.2, 0) is 13.0 Å². The number of nitrogens with two attached hydrogens (primary N) is 1. The molecule has 3 N–H and O–H groups in total. The predicted octanol–water partition coefficient (Wildman–Crippen LogP) is 3.69. The Morgan fingerprint density at radius 2 is 1.96 bits per heavy atom. The minimum atomic E-state index is -0.493. The summed E-state index contributed by atoms with van der Waals surface area (Å²) in [6.45, 7) is 8.45. The molecule has 0 spiro atoms. The van der Waals surface area contributed by atoms with E-state index in [9.17, 15) is 9.59 Å². The molecular formula is C20H26ClN3O3S. The molecule has 6 nitrogen and oxygen atoms in total. The molecule has 28 heavy (non-hydrogen) atoms. The minimum Gasteiger partial charge on any atom is -0.494 e. The summed E-state index contributed by atoms with van der Waals surface area (Å²) in [6.07, 6.45) is 0.765. The van der Waals surface area contributed by atoms with Crippen molar-refractivity contribution in [1.29, 1.82) is 0 Å². The maximum absolute atomic E-state index is 12.6. The number of thiophene rings is 1. The number of hydrogen-bond donors (Lipinski definition) is 2. The van der Waals surface area contributed by atoms with Crippen LogP contribution in [0.5, 0.6) is 5.75 Å². The van der Waals surface area contributed by atoms with Crippen LogP contribution in [0.15, 0.2) is 24.3 Å². The number of primary amides is 1. The van der Waals surface area contributed by atoms with Gasteiger partial charge in [0.1, 0.15) is 10.8 Å². The van der Waals surface area contributed by atoms with Crippen LogP contribution >= 0.6 is 23.7 Å². The zero-order valence-electron chi connectivity index (χ0n) is 16.3. The molecule has 0 aliphatic carbocycles. The highest BCUT2D eigenvalue weighted by Crippen LogP contribution is 2.37. The van der Waals surface area contributed by atoms with Gasteiger partial charge in [0.15, 0.2) is 0 Å². The maximum Gasteiger partial charge on any atom is 0.256 e. The Morgan fingerprint density at radius 3 is 2.54 bits per heavy atom. The SMILES string of the molecule is CCOc1ccc(C(=O)Nc2sc3c(c2C(N)=O)CCN(C(C)C)C3)cc1.Cl. The molecule has 0 unspecified atom stereocenters. The van der Waals surface area contributed by atoms with Crippen molar-refractivity contribution in [2.24, 2.45) is 5.73 Å². The van der Waals surface area contributed by atoms with Crippen molar-refractivity contribution in [2.75, 3.05) is 18.5 Å². The van der Waals surface area contributed by atoms with Crippen LogP contribution in [0.4, 0.5) is 5.00 Å². The van der Waals surface area contributed by atoms with Gasteiger partial charge in [-0.05, 0) is 57.0 Å². The molecule has 2 aromatic rings. The van der Waals surface area contributed by atoms with E-state index in [-0.39, 0.29) is 18.3 Å². The summed E-state index contributed by atoms with van der Waals surface area (Å²) in [7, 11) is 0. The van der Waals surface area contributed by atoms with E-state index >= 15 is 0 Å². The number of amides is 2. The largest absolute Gasteiger partial charge is 0.494 e. The second kappa shape index (κ2) is 9.41. The van der Waals surface area contributed by atoms with E-state index in [1.54, 1.807) is 24.3 Å². The first-order valence-electron chi connectivity index (χ1n) is 9.13. The average molecular weight is 424 g/mol. The molecular weight excluding hydrogens is 398 g/mol. The molecule has 0 saturated heterocycles. The van der Waals surface area contributed by atoms with E-state index in [2.05, 4.69) is 24.1 Å². The molecule has 152 valence electrons. The number of nitrogens with one attached hydrogen (secondary N) is 1. The van der Waals surface area contributed by atoms with Crippen molar-refractivity contribution < 1.29 is 14.3 Å². The minimum absolute atomic E-state index is 0. The number of nitrogens with zero attached hydrogens (tertiary/aromatic N) is 1. The third kappa shape index (κ3) is 4.66. The second-order valence-electron chi connectivity index (χ2n) is 6.80. The van der Waals surface area contributed by atoms with Crippen LogP contribution in [-0.4, -0.2) is 35.9 Å². The molecule has 0 saturated carbocycles. The van der Waals surface area contributed by atoms with Gasteiger partial charge in [0, 0.05) is 29.6 Å². The van der Waals surface area contributed by atoms with Crippen molar-refractivity contribution in [3.05, 3.63) is 45.8 Å². The number of anilines is 1. The molecule has 3 rings (SSSR count). The first-order valence-corrected chi connectivity index (χ1v) is 9.95. The number of benzene rings is 1. The van der Waals surface area contributed by atoms with E-state index in [4.69, 9.17) is 10.5 Å². The first-order chi connectivity index (χ1) is 12.9. The Morgan fingerprint density at radius 1 is 1.29 bits per heavy atom. The van der Waals surface area contributed by atoms with Crippen molar-refractivity contribution >= 4 is 40.6 Å². The van der Waals surface area contributed by atoms with Crippen molar-refractivity contribution in [1.82, 2.24) is 4.90 Å². The Balaban J connectivity index is 0.00000280. The fraction of sp³-hybridized carbons (Fsp3) is 0.400. The summed E-state index contributed by atoms with van der Waals surface area (Å²) in [6, 6.07) is 7.36. The average Bonchev–Trinajstić information content (AvgIpc) is 2.99. The summed E-state index contributed by atoms with van der Waals surface area (Å²) < 4.78 is 5.40. The molecule has 2 heterocycles. The number of carbonyl (C=O) groups is 2. The van der Waals surface area contributed by atoms with Crippen molar-refractivity contribution in [3.63, 3.8) is 0 Å². The van der Waals surface area contributed by atoms with Gasteiger partial charge in [-0.15, -0.1) is 23.7 Å². The van der Waals surface area contributed by atoms with Gasteiger partial charge in [-0.3, -0.25) is 14.5 Å². The molecule has 1 aliphatic rings. The number of carbonyl (C=O) groups excluding carboxylic acids is 2. The molecule has 1 aromatic heterocycles. The van der Waals surface area contributed by atoms with E-state index in [1.165, 1.54) is 11.3 Å². The smallest absolute Gasteiger partial charge is 0.256 e. The molecule has 0 atom stereocenters. The monoisotopic (exact) mass is 423 g/mol. The topological polar surface area (TPSA) is 84.7 Å². The van der Waals surface area contributed by atoms with E-state index in [0.717, 1.165) is 30.0 Å². The molecule has 1 aliphatic heterocycles. The summed E-state index contributed by atoms with van der Waals surface area (Å²) in [5.74, 6) is -0.0420. The number of halogens is 1. The van der Waals surface area contributed by atoms with Gasteiger partial charge in [0.25, 0.3) is 11.8 Å². The van der Waals surface area contributed by atoms with Crippen LogP contribution in [0.3, 0.4) is 0 Å². The number of ether oxygens (including phenoxy) is 1. The van der Waals surface area contributed by atoms with E-state index < -0.39 is 5.91 Å². The van der Waals surface area contributed by atoms with Crippen molar-refractivity contribution in [2.45, 2.75) is 39.8 Å².